The summed E-state index contributed by atoms with van der Waals surface area (Å²) in [6.45, 7) is 13.2. The van der Waals surface area contributed by atoms with Crippen LogP contribution in [0.3, 0.4) is 0 Å². The van der Waals surface area contributed by atoms with Gasteiger partial charge in [-0.1, -0.05) is 12.2 Å². The highest BCUT2D eigenvalue weighted by Gasteiger charge is 2.26. The topological polar surface area (TPSA) is 97.9 Å². The molecule has 108 valence electrons. The number of nitrogens with zero attached hydrogens (tertiary/aromatic N) is 2. The highest BCUT2D eigenvalue weighted by atomic mass is 16.4. The molecule has 0 radical (unpaired) electrons. The van der Waals surface area contributed by atoms with Crippen LogP contribution in [-0.4, -0.2) is 34.5 Å². The summed E-state index contributed by atoms with van der Waals surface area (Å²) >= 11 is 0. The number of carboxylic acid groups (broad SMARTS) is 1. The van der Waals surface area contributed by atoms with Crippen molar-refractivity contribution in [2.75, 3.05) is 6.54 Å². The van der Waals surface area contributed by atoms with Crippen molar-refractivity contribution in [2.24, 2.45) is 10.2 Å². The van der Waals surface area contributed by atoms with Gasteiger partial charge in [-0.05, 0) is 34.6 Å². The normalized spacial score (nSPS) is 12.5. The van der Waals surface area contributed by atoms with Gasteiger partial charge in [-0.25, -0.2) is 0 Å². The van der Waals surface area contributed by atoms with Gasteiger partial charge in [-0.3, -0.25) is 10.2 Å². The van der Waals surface area contributed by atoms with E-state index in [4.69, 9.17) is 10.5 Å². The molecule has 0 heterocycles. The SMILES string of the molecule is C=C(C)C(C)(C)N=NC(C)(C)C(=N)NCCC(=O)O. The van der Waals surface area contributed by atoms with Crippen LogP contribution < -0.4 is 5.32 Å². The van der Waals surface area contributed by atoms with Crippen molar-refractivity contribution in [3.63, 3.8) is 0 Å². The second-order valence-electron chi connectivity index (χ2n) is 5.54. The Balaban J connectivity index is 4.61. The zero-order valence-corrected chi connectivity index (χ0v) is 12.4. The molecule has 0 aromatic carbocycles. The van der Waals surface area contributed by atoms with E-state index in [2.05, 4.69) is 22.1 Å². The lowest BCUT2D eigenvalue weighted by Gasteiger charge is -2.24. The largest absolute Gasteiger partial charge is 0.481 e. The summed E-state index contributed by atoms with van der Waals surface area (Å²) in [7, 11) is 0. The number of hydrogen-bond donors (Lipinski definition) is 3. The second kappa shape index (κ2) is 6.45. The fourth-order valence-corrected chi connectivity index (χ4v) is 0.896. The summed E-state index contributed by atoms with van der Waals surface area (Å²) in [5.41, 5.74) is -0.401. The third kappa shape index (κ3) is 6.13. The van der Waals surface area contributed by atoms with E-state index in [1.807, 2.05) is 20.8 Å². The van der Waals surface area contributed by atoms with Crippen molar-refractivity contribution in [1.29, 1.82) is 5.41 Å². The van der Waals surface area contributed by atoms with Crippen molar-refractivity contribution < 1.29 is 9.90 Å². The molecule has 0 saturated heterocycles. The maximum absolute atomic E-state index is 10.4. The summed E-state index contributed by atoms with van der Waals surface area (Å²) < 4.78 is 0. The standard InChI is InChI=1S/C13H24N4O2/c1-9(2)12(3,4)16-17-13(5,6)11(14)15-8-7-10(18)19/h1,7-8H2,2-6H3,(H2,14,15)(H,18,19). The number of aliphatic carboxylic acids is 1. The third-order valence-electron chi connectivity index (χ3n) is 2.85. The monoisotopic (exact) mass is 268 g/mol. The van der Waals surface area contributed by atoms with Crippen molar-refractivity contribution in [1.82, 2.24) is 5.32 Å². The van der Waals surface area contributed by atoms with E-state index in [9.17, 15) is 4.79 Å². The van der Waals surface area contributed by atoms with Gasteiger partial charge in [0.25, 0.3) is 0 Å². The van der Waals surface area contributed by atoms with E-state index in [1.54, 1.807) is 13.8 Å². The minimum Gasteiger partial charge on any atom is -0.481 e. The molecule has 0 spiro atoms. The van der Waals surface area contributed by atoms with Gasteiger partial charge in [0.15, 0.2) is 0 Å². The highest BCUT2D eigenvalue weighted by Crippen LogP contribution is 2.21. The molecule has 0 aliphatic heterocycles. The molecule has 19 heavy (non-hydrogen) atoms. The van der Waals surface area contributed by atoms with Crippen molar-refractivity contribution >= 4 is 11.8 Å². The lowest BCUT2D eigenvalue weighted by molar-refractivity contribution is -0.136. The fraction of sp³-hybridized carbons (Fsp3) is 0.692. The quantitative estimate of drug-likeness (QED) is 0.286. The zero-order chi connectivity index (χ0) is 15.3. The molecule has 0 amide bonds. The first-order valence-corrected chi connectivity index (χ1v) is 6.14. The van der Waals surface area contributed by atoms with Crippen molar-refractivity contribution in [2.45, 2.75) is 52.1 Å². The van der Waals surface area contributed by atoms with Crippen LogP contribution in [-0.2, 0) is 4.79 Å². The summed E-state index contributed by atoms with van der Waals surface area (Å²) in [4.78, 5) is 10.4. The van der Waals surface area contributed by atoms with Crippen LogP contribution in [0.4, 0.5) is 0 Å². The van der Waals surface area contributed by atoms with Gasteiger partial charge >= 0.3 is 5.97 Å². The lowest BCUT2D eigenvalue weighted by atomic mass is 9.98. The van der Waals surface area contributed by atoms with Crippen LogP contribution in [0.15, 0.2) is 22.4 Å². The lowest BCUT2D eigenvalue weighted by Crippen LogP contribution is -2.41. The summed E-state index contributed by atoms with van der Waals surface area (Å²) in [5.74, 6) is -0.752. The molecule has 0 fully saturated rings. The molecular weight excluding hydrogens is 244 g/mol. The molecular formula is C13H24N4O2. The number of amidine groups is 1. The summed E-state index contributed by atoms with van der Waals surface area (Å²) in [5, 5.41) is 27.6. The van der Waals surface area contributed by atoms with Gasteiger partial charge in [-0.2, -0.15) is 10.2 Å². The molecule has 6 nitrogen and oxygen atoms in total. The number of rotatable bonds is 7. The highest BCUT2D eigenvalue weighted by molar-refractivity contribution is 5.88. The molecule has 6 heteroatoms. The van der Waals surface area contributed by atoms with E-state index < -0.39 is 17.0 Å². The maximum atomic E-state index is 10.4. The van der Waals surface area contributed by atoms with Gasteiger partial charge in [0.05, 0.1) is 12.0 Å². The van der Waals surface area contributed by atoms with E-state index >= 15 is 0 Å². The molecule has 0 bridgehead atoms. The number of hydrogen-bond acceptors (Lipinski definition) is 4. The minimum atomic E-state index is -0.900. The molecule has 0 aliphatic rings. The fourth-order valence-electron chi connectivity index (χ4n) is 0.896. The number of carboxylic acids is 1. The van der Waals surface area contributed by atoms with E-state index in [0.29, 0.717) is 0 Å². The van der Waals surface area contributed by atoms with E-state index in [-0.39, 0.29) is 18.8 Å². The first-order valence-electron chi connectivity index (χ1n) is 6.14. The first-order chi connectivity index (χ1) is 8.49. The van der Waals surface area contributed by atoms with Crippen LogP contribution in [0, 0.1) is 5.41 Å². The third-order valence-corrected chi connectivity index (χ3v) is 2.85. The second-order valence-corrected chi connectivity index (χ2v) is 5.54. The van der Waals surface area contributed by atoms with Crippen molar-refractivity contribution in [3.05, 3.63) is 12.2 Å². The van der Waals surface area contributed by atoms with Gasteiger partial charge in [0.2, 0.25) is 0 Å². The average molecular weight is 268 g/mol. The Hall–Kier alpha value is -1.72. The van der Waals surface area contributed by atoms with E-state index in [0.717, 1.165) is 5.57 Å². The number of carbonyl (C=O) groups is 1. The molecule has 0 aromatic rings. The zero-order valence-electron chi connectivity index (χ0n) is 12.4. The molecule has 3 N–H and O–H groups in total. The Kier molecular flexibility index (Phi) is 5.86. The maximum Gasteiger partial charge on any atom is 0.305 e. The minimum absolute atomic E-state index is 0.0349. The van der Waals surface area contributed by atoms with Gasteiger partial charge < -0.3 is 10.4 Å². The molecule has 0 saturated carbocycles. The molecule has 0 aliphatic carbocycles. The molecule has 0 rings (SSSR count). The summed E-state index contributed by atoms with van der Waals surface area (Å²) in [6.07, 6.45) is -0.0349. The van der Waals surface area contributed by atoms with Crippen LogP contribution in [0.1, 0.15) is 41.0 Å². The van der Waals surface area contributed by atoms with Crippen LogP contribution in [0.2, 0.25) is 0 Å². The molecule has 0 aromatic heterocycles. The molecule has 0 unspecified atom stereocenters. The molecule has 0 atom stereocenters. The Morgan fingerprint density at radius 3 is 2.16 bits per heavy atom. The van der Waals surface area contributed by atoms with Gasteiger partial charge in [0.1, 0.15) is 11.4 Å². The Labute approximate surface area is 114 Å². The predicted molar refractivity (Wildman–Crippen MR) is 75.8 cm³/mol. The smallest absolute Gasteiger partial charge is 0.305 e. The van der Waals surface area contributed by atoms with Gasteiger partial charge in [0, 0.05) is 6.54 Å². The number of nitrogens with one attached hydrogen (secondary N) is 2. The Morgan fingerprint density at radius 1 is 1.26 bits per heavy atom. The van der Waals surface area contributed by atoms with Crippen LogP contribution in [0.5, 0.6) is 0 Å². The van der Waals surface area contributed by atoms with Gasteiger partial charge in [-0.15, -0.1) is 0 Å². The first kappa shape index (κ1) is 17.3. The average Bonchev–Trinajstić information content (AvgIpc) is 2.25. The van der Waals surface area contributed by atoms with E-state index in [1.165, 1.54) is 0 Å². The van der Waals surface area contributed by atoms with Crippen LogP contribution in [0.25, 0.3) is 0 Å². The number of azo groups is 1. The Bertz CT molecular complexity index is 397. The summed E-state index contributed by atoms with van der Waals surface area (Å²) in [6, 6.07) is 0. The van der Waals surface area contributed by atoms with Crippen molar-refractivity contribution in [3.8, 4) is 0 Å². The Morgan fingerprint density at radius 2 is 1.74 bits per heavy atom. The predicted octanol–water partition coefficient (Wildman–Crippen LogP) is 2.61. The van der Waals surface area contributed by atoms with Crippen LogP contribution >= 0.6 is 0 Å².